The molecule has 0 radical (unpaired) electrons. The van der Waals surface area contributed by atoms with Crippen LogP contribution in [0.2, 0.25) is 0 Å². The number of hydrogen-bond acceptors (Lipinski definition) is 4. The summed E-state index contributed by atoms with van der Waals surface area (Å²) in [5, 5.41) is 16.4. The molecular formula is C12H17N3O3. The number of benzene rings is 1. The predicted molar refractivity (Wildman–Crippen MR) is 69.9 cm³/mol. The van der Waals surface area contributed by atoms with Crippen LogP contribution in [0.15, 0.2) is 18.2 Å². The molecule has 1 aromatic carbocycles. The third kappa shape index (κ3) is 3.19. The largest absolute Gasteiger partial charge is 0.383 e. The van der Waals surface area contributed by atoms with Gasteiger partial charge in [0.05, 0.1) is 4.92 Å². The maximum atomic E-state index is 11.8. The zero-order valence-corrected chi connectivity index (χ0v) is 10.7. The molecule has 0 aliphatic rings. The molecule has 0 heterocycles. The van der Waals surface area contributed by atoms with E-state index in [0.717, 1.165) is 6.42 Å². The molecule has 1 rings (SSSR count). The van der Waals surface area contributed by atoms with E-state index in [1.165, 1.54) is 12.1 Å². The number of hydrogen-bond donors (Lipinski definition) is 2. The number of carbonyl (C=O) groups is 1. The van der Waals surface area contributed by atoms with E-state index in [1.807, 2.05) is 13.8 Å². The molecule has 6 nitrogen and oxygen atoms in total. The van der Waals surface area contributed by atoms with Gasteiger partial charge >= 0.3 is 0 Å². The molecule has 18 heavy (non-hydrogen) atoms. The van der Waals surface area contributed by atoms with Crippen LogP contribution in [0.5, 0.6) is 0 Å². The van der Waals surface area contributed by atoms with Crippen molar-refractivity contribution in [3.63, 3.8) is 0 Å². The Morgan fingerprint density at radius 2 is 2.17 bits per heavy atom. The van der Waals surface area contributed by atoms with Gasteiger partial charge in [-0.25, -0.2) is 0 Å². The number of carbonyl (C=O) groups excluding carboxylic acids is 1. The van der Waals surface area contributed by atoms with Crippen LogP contribution in [0.1, 0.15) is 30.6 Å². The highest BCUT2D eigenvalue weighted by Crippen LogP contribution is 2.24. The van der Waals surface area contributed by atoms with Gasteiger partial charge in [0.15, 0.2) is 0 Å². The molecule has 0 bridgehead atoms. The van der Waals surface area contributed by atoms with Gasteiger partial charge in [-0.1, -0.05) is 6.92 Å². The van der Waals surface area contributed by atoms with Gasteiger partial charge in [-0.15, -0.1) is 0 Å². The maximum absolute atomic E-state index is 11.8. The Kier molecular flexibility index (Phi) is 4.65. The Morgan fingerprint density at radius 3 is 2.67 bits per heavy atom. The molecule has 0 spiro atoms. The van der Waals surface area contributed by atoms with Crippen LogP contribution in [0.25, 0.3) is 0 Å². The molecule has 1 atom stereocenters. The Hall–Kier alpha value is -2.11. The van der Waals surface area contributed by atoms with Crippen LogP contribution < -0.4 is 10.6 Å². The van der Waals surface area contributed by atoms with Crippen LogP contribution in [0.4, 0.5) is 11.4 Å². The van der Waals surface area contributed by atoms with Gasteiger partial charge in [0.25, 0.3) is 11.6 Å². The van der Waals surface area contributed by atoms with E-state index in [0.29, 0.717) is 11.3 Å². The van der Waals surface area contributed by atoms with E-state index < -0.39 is 4.92 Å². The monoisotopic (exact) mass is 251 g/mol. The number of nitrogens with zero attached hydrogens (tertiary/aromatic N) is 1. The second-order valence-electron chi connectivity index (χ2n) is 4.02. The van der Waals surface area contributed by atoms with E-state index in [9.17, 15) is 14.9 Å². The summed E-state index contributed by atoms with van der Waals surface area (Å²) in [6.45, 7) is 3.84. The quantitative estimate of drug-likeness (QED) is 0.620. The fraction of sp³-hybridized carbons (Fsp3) is 0.417. The Bertz CT molecular complexity index is 460. The molecule has 0 aliphatic carbocycles. The number of nitrogens with one attached hydrogen (secondary N) is 2. The van der Waals surface area contributed by atoms with E-state index in [2.05, 4.69) is 10.6 Å². The smallest absolute Gasteiger partial charge is 0.293 e. The summed E-state index contributed by atoms with van der Waals surface area (Å²) in [4.78, 5) is 22.2. The summed E-state index contributed by atoms with van der Waals surface area (Å²) in [6, 6.07) is 4.42. The minimum atomic E-state index is -0.508. The van der Waals surface area contributed by atoms with Crippen LogP contribution in [0, 0.1) is 10.1 Å². The lowest BCUT2D eigenvalue weighted by Crippen LogP contribution is -2.31. The lowest BCUT2D eigenvalue weighted by Gasteiger charge is -2.11. The van der Waals surface area contributed by atoms with Gasteiger partial charge in [0.2, 0.25) is 0 Å². The normalized spacial score (nSPS) is 11.7. The minimum Gasteiger partial charge on any atom is -0.383 e. The highest BCUT2D eigenvalue weighted by molar-refractivity contribution is 5.95. The second-order valence-corrected chi connectivity index (χ2v) is 4.02. The van der Waals surface area contributed by atoms with Gasteiger partial charge in [-0.2, -0.15) is 0 Å². The Morgan fingerprint density at radius 1 is 1.50 bits per heavy atom. The SMILES string of the molecule is CC[C@@H](C)NC(=O)c1ccc(NC)c([N+](=O)[O-])c1. The van der Waals surface area contributed by atoms with Crippen LogP contribution in [-0.4, -0.2) is 23.9 Å². The summed E-state index contributed by atoms with van der Waals surface area (Å²) in [5.74, 6) is -0.296. The molecular weight excluding hydrogens is 234 g/mol. The number of nitro groups is 1. The van der Waals surface area contributed by atoms with Gasteiger partial charge in [-0.3, -0.25) is 14.9 Å². The first-order valence-electron chi connectivity index (χ1n) is 5.76. The fourth-order valence-electron chi connectivity index (χ4n) is 1.44. The average molecular weight is 251 g/mol. The first kappa shape index (κ1) is 14.0. The van der Waals surface area contributed by atoms with Crippen molar-refractivity contribution >= 4 is 17.3 Å². The van der Waals surface area contributed by atoms with E-state index in [4.69, 9.17) is 0 Å². The highest BCUT2D eigenvalue weighted by Gasteiger charge is 2.17. The molecule has 1 amide bonds. The van der Waals surface area contributed by atoms with Crippen molar-refractivity contribution in [2.24, 2.45) is 0 Å². The van der Waals surface area contributed by atoms with Crippen LogP contribution in [0.3, 0.4) is 0 Å². The van der Waals surface area contributed by atoms with Crippen molar-refractivity contribution in [3.8, 4) is 0 Å². The number of anilines is 1. The van der Waals surface area contributed by atoms with Crippen LogP contribution in [-0.2, 0) is 0 Å². The molecule has 0 unspecified atom stereocenters. The molecule has 0 aliphatic heterocycles. The maximum Gasteiger partial charge on any atom is 0.293 e. The molecule has 6 heteroatoms. The highest BCUT2D eigenvalue weighted by atomic mass is 16.6. The zero-order valence-electron chi connectivity index (χ0n) is 10.7. The lowest BCUT2D eigenvalue weighted by atomic mass is 10.1. The van der Waals surface area contributed by atoms with Gasteiger partial charge in [0.1, 0.15) is 5.69 Å². The summed E-state index contributed by atoms with van der Waals surface area (Å²) in [6.07, 6.45) is 0.808. The minimum absolute atomic E-state index is 0.0422. The molecule has 0 saturated carbocycles. The first-order valence-corrected chi connectivity index (χ1v) is 5.76. The van der Waals surface area contributed by atoms with Gasteiger partial charge in [-0.05, 0) is 25.5 Å². The number of amides is 1. The number of rotatable bonds is 5. The number of nitro benzene ring substituents is 1. The molecule has 98 valence electrons. The average Bonchev–Trinajstić information content (AvgIpc) is 2.37. The van der Waals surface area contributed by atoms with Crippen molar-refractivity contribution < 1.29 is 9.72 Å². The lowest BCUT2D eigenvalue weighted by molar-refractivity contribution is -0.384. The predicted octanol–water partition coefficient (Wildman–Crippen LogP) is 2.16. The first-order chi connectivity index (χ1) is 8.49. The van der Waals surface area contributed by atoms with E-state index in [1.54, 1.807) is 13.1 Å². The summed E-state index contributed by atoms with van der Waals surface area (Å²) >= 11 is 0. The summed E-state index contributed by atoms with van der Waals surface area (Å²) in [7, 11) is 1.60. The van der Waals surface area contributed by atoms with Crippen molar-refractivity contribution in [1.82, 2.24) is 5.32 Å². The van der Waals surface area contributed by atoms with Crippen molar-refractivity contribution in [2.45, 2.75) is 26.3 Å². The summed E-state index contributed by atoms with van der Waals surface area (Å²) < 4.78 is 0. The topological polar surface area (TPSA) is 84.3 Å². The van der Waals surface area contributed by atoms with Crippen molar-refractivity contribution in [2.75, 3.05) is 12.4 Å². The summed E-state index contributed by atoms with van der Waals surface area (Å²) in [5.41, 5.74) is 0.579. The molecule has 0 fully saturated rings. The standard InChI is InChI=1S/C12H17N3O3/c1-4-8(2)14-12(16)9-5-6-10(13-3)11(7-9)15(17)18/h5-8,13H,4H2,1-3H3,(H,14,16)/t8-/m1/s1. The molecule has 2 N–H and O–H groups in total. The molecule has 0 saturated heterocycles. The molecule has 1 aromatic rings. The van der Waals surface area contributed by atoms with Crippen molar-refractivity contribution in [3.05, 3.63) is 33.9 Å². The second kappa shape index (κ2) is 6.00. The third-order valence-corrected chi connectivity index (χ3v) is 2.72. The third-order valence-electron chi connectivity index (χ3n) is 2.72. The Balaban J connectivity index is 3.01. The van der Waals surface area contributed by atoms with E-state index in [-0.39, 0.29) is 17.6 Å². The van der Waals surface area contributed by atoms with Gasteiger partial charge in [0, 0.05) is 24.7 Å². The van der Waals surface area contributed by atoms with E-state index >= 15 is 0 Å². The van der Waals surface area contributed by atoms with Crippen molar-refractivity contribution in [1.29, 1.82) is 0 Å². The zero-order chi connectivity index (χ0) is 13.7. The molecule has 0 aromatic heterocycles. The van der Waals surface area contributed by atoms with Crippen LogP contribution >= 0.6 is 0 Å². The Labute approximate surface area is 106 Å². The van der Waals surface area contributed by atoms with Gasteiger partial charge < -0.3 is 10.6 Å². The fourth-order valence-corrected chi connectivity index (χ4v) is 1.44.